The predicted octanol–water partition coefficient (Wildman–Crippen LogP) is 1.04. The van der Waals surface area contributed by atoms with Crippen molar-refractivity contribution in [2.24, 2.45) is 5.73 Å². The van der Waals surface area contributed by atoms with Crippen LogP contribution in [-0.4, -0.2) is 54.1 Å². The summed E-state index contributed by atoms with van der Waals surface area (Å²) in [5.74, 6) is 0. The van der Waals surface area contributed by atoms with E-state index < -0.39 is 0 Å². The van der Waals surface area contributed by atoms with Crippen molar-refractivity contribution < 1.29 is 0 Å². The van der Waals surface area contributed by atoms with Gasteiger partial charge in [-0.1, -0.05) is 0 Å². The van der Waals surface area contributed by atoms with Crippen LogP contribution in [0, 0.1) is 0 Å². The van der Waals surface area contributed by atoms with Gasteiger partial charge in [-0.3, -0.25) is 4.90 Å². The molecule has 1 fully saturated rings. The lowest BCUT2D eigenvalue weighted by atomic mass is 10.1. The average molecular weight is 236 g/mol. The minimum Gasteiger partial charge on any atom is -0.367 e. The number of aromatic nitrogens is 1. The number of nitrogens with two attached hydrogens (primary N) is 1. The van der Waals surface area contributed by atoms with Gasteiger partial charge in [0.25, 0.3) is 0 Å². The second-order valence-corrected chi connectivity index (χ2v) is 4.84. The molecule has 1 aliphatic rings. The second-order valence-electron chi connectivity index (χ2n) is 4.84. The Kier molecular flexibility index (Phi) is 4.59. The first-order valence-corrected chi connectivity index (χ1v) is 6.60. The highest BCUT2D eigenvalue weighted by Crippen LogP contribution is 2.20. The fraction of sp³-hybridized carbons (Fsp3) is 0.692. The Morgan fingerprint density at radius 3 is 2.94 bits per heavy atom. The summed E-state index contributed by atoms with van der Waals surface area (Å²) in [4.78, 5) is 8.19. The molecule has 0 radical (unpaired) electrons. The highest BCUT2D eigenvalue weighted by molar-refractivity contribution is 5.13. The monoisotopic (exact) mass is 236 g/mol. The van der Waals surface area contributed by atoms with Crippen LogP contribution in [0.1, 0.15) is 24.9 Å². The molecule has 1 aromatic rings. The number of hydrogen-bond acceptors (Lipinski definition) is 3. The van der Waals surface area contributed by atoms with Crippen LogP contribution in [0.5, 0.6) is 0 Å². The molecule has 1 atom stereocenters. The van der Waals surface area contributed by atoms with Crippen LogP contribution >= 0.6 is 0 Å². The Balaban J connectivity index is 1.90. The summed E-state index contributed by atoms with van der Waals surface area (Å²) in [6, 6.07) is 2.69. The molecule has 0 aromatic carbocycles. The Morgan fingerprint density at radius 2 is 2.24 bits per heavy atom. The van der Waals surface area contributed by atoms with E-state index in [0.717, 1.165) is 26.2 Å². The first kappa shape index (κ1) is 12.6. The molecule has 0 aliphatic carbocycles. The van der Waals surface area contributed by atoms with Gasteiger partial charge in [0.05, 0.1) is 0 Å². The van der Waals surface area contributed by atoms with Gasteiger partial charge in [0.15, 0.2) is 0 Å². The van der Waals surface area contributed by atoms with E-state index in [1.807, 2.05) is 6.20 Å². The van der Waals surface area contributed by atoms with E-state index in [0.29, 0.717) is 6.04 Å². The molecule has 96 valence electrons. The van der Waals surface area contributed by atoms with Crippen LogP contribution in [0.3, 0.4) is 0 Å². The lowest BCUT2D eigenvalue weighted by molar-refractivity contribution is 0.212. The standard InChI is InChI=1S/C13H24N4/c1-12(13-3-5-15-11-13)17-7-2-6-16(8-4-14)9-10-17/h3,5,11-12,15H,2,4,6-10,14H2,1H3. The molecule has 4 nitrogen and oxygen atoms in total. The normalized spacial score (nSPS) is 21.3. The molecule has 4 heteroatoms. The summed E-state index contributed by atoms with van der Waals surface area (Å²) in [5.41, 5.74) is 7.01. The fourth-order valence-corrected chi connectivity index (χ4v) is 2.59. The smallest absolute Gasteiger partial charge is 0.0335 e. The van der Waals surface area contributed by atoms with Crippen molar-refractivity contribution in [1.82, 2.24) is 14.8 Å². The molecule has 0 saturated carbocycles. The van der Waals surface area contributed by atoms with Crippen LogP contribution in [0.2, 0.25) is 0 Å². The molecule has 17 heavy (non-hydrogen) atoms. The number of rotatable bonds is 4. The molecule has 2 heterocycles. The maximum absolute atomic E-state index is 5.62. The Labute approximate surface area is 104 Å². The zero-order valence-corrected chi connectivity index (χ0v) is 10.7. The van der Waals surface area contributed by atoms with Gasteiger partial charge >= 0.3 is 0 Å². The molecule has 0 amide bonds. The van der Waals surface area contributed by atoms with Crippen molar-refractivity contribution in [3.8, 4) is 0 Å². The zero-order valence-electron chi connectivity index (χ0n) is 10.7. The lowest BCUT2D eigenvalue weighted by Crippen LogP contribution is -2.34. The Morgan fingerprint density at radius 1 is 1.35 bits per heavy atom. The van der Waals surface area contributed by atoms with Crippen molar-refractivity contribution >= 4 is 0 Å². The van der Waals surface area contributed by atoms with Crippen molar-refractivity contribution in [3.05, 3.63) is 24.0 Å². The van der Waals surface area contributed by atoms with Gasteiger partial charge in [-0.15, -0.1) is 0 Å². The number of nitrogens with one attached hydrogen (secondary N) is 1. The van der Waals surface area contributed by atoms with Gasteiger partial charge in [-0.25, -0.2) is 0 Å². The molecular formula is C13H24N4. The van der Waals surface area contributed by atoms with E-state index in [2.05, 4.69) is 34.0 Å². The fourth-order valence-electron chi connectivity index (χ4n) is 2.59. The van der Waals surface area contributed by atoms with Crippen molar-refractivity contribution in [2.75, 3.05) is 39.3 Å². The Hall–Kier alpha value is -0.840. The third kappa shape index (κ3) is 3.31. The van der Waals surface area contributed by atoms with Crippen molar-refractivity contribution in [1.29, 1.82) is 0 Å². The van der Waals surface area contributed by atoms with Crippen LogP contribution in [0.15, 0.2) is 18.5 Å². The van der Waals surface area contributed by atoms with Crippen molar-refractivity contribution in [3.63, 3.8) is 0 Å². The summed E-state index contributed by atoms with van der Waals surface area (Å²) in [6.07, 6.45) is 5.35. The molecule has 1 saturated heterocycles. The molecule has 0 spiro atoms. The topological polar surface area (TPSA) is 48.3 Å². The van der Waals surface area contributed by atoms with E-state index in [9.17, 15) is 0 Å². The third-order valence-electron chi connectivity index (χ3n) is 3.72. The van der Waals surface area contributed by atoms with Gasteiger partial charge in [0, 0.05) is 51.2 Å². The highest BCUT2D eigenvalue weighted by atomic mass is 15.2. The molecule has 1 unspecified atom stereocenters. The first-order chi connectivity index (χ1) is 8.31. The molecule has 3 N–H and O–H groups in total. The van der Waals surface area contributed by atoms with E-state index in [-0.39, 0.29) is 0 Å². The van der Waals surface area contributed by atoms with Crippen LogP contribution in [-0.2, 0) is 0 Å². The summed E-state index contributed by atoms with van der Waals surface area (Å²) < 4.78 is 0. The van der Waals surface area contributed by atoms with E-state index in [4.69, 9.17) is 5.73 Å². The average Bonchev–Trinajstić information content (AvgIpc) is 2.76. The lowest BCUT2D eigenvalue weighted by Gasteiger charge is -2.27. The largest absolute Gasteiger partial charge is 0.367 e. The number of hydrogen-bond donors (Lipinski definition) is 2. The first-order valence-electron chi connectivity index (χ1n) is 6.60. The summed E-state index contributed by atoms with van der Waals surface area (Å²) >= 11 is 0. The van der Waals surface area contributed by atoms with E-state index in [1.165, 1.54) is 25.1 Å². The van der Waals surface area contributed by atoms with E-state index >= 15 is 0 Å². The van der Waals surface area contributed by atoms with Gasteiger partial charge in [-0.2, -0.15) is 0 Å². The summed E-state index contributed by atoms with van der Waals surface area (Å²) in [5, 5.41) is 0. The highest BCUT2D eigenvalue weighted by Gasteiger charge is 2.19. The van der Waals surface area contributed by atoms with Crippen LogP contribution in [0.25, 0.3) is 0 Å². The second kappa shape index (κ2) is 6.19. The molecule has 0 bridgehead atoms. The third-order valence-corrected chi connectivity index (χ3v) is 3.72. The maximum atomic E-state index is 5.62. The number of nitrogens with zero attached hydrogens (tertiary/aromatic N) is 2. The quantitative estimate of drug-likeness (QED) is 0.821. The molecule has 2 rings (SSSR count). The van der Waals surface area contributed by atoms with Gasteiger partial charge in [0.1, 0.15) is 0 Å². The number of aromatic amines is 1. The molecular weight excluding hydrogens is 212 g/mol. The Bertz CT molecular complexity index is 309. The number of H-pyrrole nitrogens is 1. The van der Waals surface area contributed by atoms with Crippen molar-refractivity contribution in [2.45, 2.75) is 19.4 Å². The molecule has 1 aliphatic heterocycles. The minimum atomic E-state index is 0.513. The predicted molar refractivity (Wildman–Crippen MR) is 70.9 cm³/mol. The van der Waals surface area contributed by atoms with Gasteiger partial charge in [-0.05, 0) is 31.5 Å². The van der Waals surface area contributed by atoms with Crippen LogP contribution < -0.4 is 5.73 Å². The summed E-state index contributed by atoms with van der Waals surface area (Å²) in [6.45, 7) is 8.76. The van der Waals surface area contributed by atoms with Gasteiger partial charge in [0.2, 0.25) is 0 Å². The minimum absolute atomic E-state index is 0.513. The zero-order chi connectivity index (χ0) is 12.1. The summed E-state index contributed by atoms with van der Waals surface area (Å²) in [7, 11) is 0. The maximum Gasteiger partial charge on any atom is 0.0335 e. The van der Waals surface area contributed by atoms with Gasteiger partial charge < -0.3 is 15.6 Å². The SMILES string of the molecule is CC(c1cc[nH]c1)N1CCCN(CCN)CC1. The van der Waals surface area contributed by atoms with Crippen LogP contribution in [0.4, 0.5) is 0 Å². The van der Waals surface area contributed by atoms with E-state index in [1.54, 1.807) is 0 Å². The molecule has 1 aromatic heterocycles.